The molecule has 3 N–H and O–H groups in total. The van der Waals surface area contributed by atoms with Crippen LogP contribution < -0.4 is 20.8 Å². The molecule has 0 radical (unpaired) electrons. The molecule has 0 spiro atoms. The van der Waals surface area contributed by atoms with Crippen molar-refractivity contribution in [1.82, 2.24) is 15.6 Å². The Labute approximate surface area is 176 Å². The summed E-state index contributed by atoms with van der Waals surface area (Å²) in [6.07, 6.45) is 1.46. The fourth-order valence-electron chi connectivity index (χ4n) is 2.99. The molecule has 2 aromatic carbocycles. The van der Waals surface area contributed by atoms with E-state index in [2.05, 4.69) is 22.5 Å². The van der Waals surface area contributed by atoms with Crippen LogP contribution in [-0.4, -0.2) is 24.5 Å². The lowest BCUT2D eigenvalue weighted by molar-refractivity contribution is 0.0949. The average Bonchev–Trinajstić information content (AvgIpc) is 2.72. The predicted octanol–water partition coefficient (Wildman–Crippen LogP) is 3.56. The second kappa shape index (κ2) is 10.1. The van der Waals surface area contributed by atoms with Crippen LogP contribution in [0.3, 0.4) is 0 Å². The van der Waals surface area contributed by atoms with Crippen LogP contribution in [0, 0.1) is 0 Å². The van der Waals surface area contributed by atoms with Crippen molar-refractivity contribution in [2.75, 3.05) is 13.7 Å². The zero-order valence-corrected chi connectivity index (χ0v) is 17.6. The summed E-state index contributed by atoms with van der Waals surface area (Å²) in [5.74, 6) is 0.201. The first kappa shape index (κ1) is 22.5. The molecule has 3 rings (SSSR count). The van der Waals surface area contributed by atoms with Crippen LogP contribution in [0.15, 0.2) is 53.5 Å². The number of amides is 1. The highest BCUT2D eigenvalue weighted by Gasteiger charge is 2.13. The monoisotopic (exact) mass is 415 g/mol. The number of hydrogen-bond donors (Lipinski definition) is 3. The first-order valence-corrected chi connectivity index (χ1v) is 9.36. The largest absolute Gasteiger partial charge is 0.494 e. The number of fused-ring (bicyclic) bond motifs is 1. The van der Waals surface area contributed by atoms with Gasteiger partial charge < -0.3 is 20.4 Å². The summed E-state index contributed by atoms with van der Waals surface area (Å²) >= 11 is 0. The number of ether oxygens (including phenoxy) is 1. The van der Waals surface area contributed by atoms with Gasteiger partial charge in [-0.05, 0) is 50.2 Å². The lowest BCUT2D eigenvalue weighted by atomic mass is 10.1. The molecule has 1 unspecified atom stereocenters. The van der Waals surface area contributed by atoms with Crippen LogP contribution >= 0.6 is 12.4 Å². The predicted molar refractivity (Wildman–Crippen MR) is 118 cm³/mol. The molecular formula is C22H26ClN3O3. The molecule has 0 aliphatic rings. The van der Waals surface area contributed by atoms with Crippen molar-refractivity contribution in [3.8, 4) is 5.75 Å². The van der Waals surface area contributed by atoms with E-state index in [1.165, 1.54) is 11.8 Å². The van der Waals surface area contributed by atoms with E-state index >= 15 is 0 Å². The van der Waals surface area contributed by atoms with Gasteiger partial charge in [0.1, 0.15) is 11.3 Å². The second-order valence-electron chi connectivity index (χ2n) is 6.61. The van der Waals surface area contributed by atoms with Crippen LogP contribution in [0.1, 0.15) is 41.4 Å². The summed E-state index contributed by atoms with van der Waals surface area (Å²) in [5.41, 5.74) is 2.58. The number of halogens is 1. The highest BCUT2D eigenvalue weighted by atomic mass is 35.5. The summed E-state index contributed by atoms with van der Waals surface area (Å²) in [4.78, 5) is 28.3. The number of rotatable bonds is 7. The fourth-order valence-corrected chi connectivity index (χ4v) is 2.99. The Bertz CT molecular complexity index is 1030. The Morgan fingerprint density at radius 2 is 1.90 bits per heavy atom. The molecule has 3 aromatic rings. The summed E-state index contributed by atoms with van der Waals surface area (Å²) in [6, 6.07) is 13.5. The third-order valence-corrected chi connectivity index (χ3v) is 4.77. The molecule has 1 atom stereocenters. The van der Waals surface area contributed by atoms with Crippen LogP contribution in [0.5, 0.6) is 5.75 Å². The number of aromatic amines is 1. The van der Waals surface area contributed by atoms with Crippen molar-refractivity contribution in [1.29, 1.82) is 0 Å². The van der Waals surface area contributed by atoms with Crippen molar-refractivity contribution in [3.05, 3.63) is 75.6 Å². The normalized spacial score (nSPS) is 11.6. The van der Waals surface area contributed by atoms with Crippen LogP contribution in [0.4, 0.5) is 0 Å². The van der Waals surface area contributed by atoms with Crippen molar-refractivity contribution < 1.29 is 9.53 Å². The molecule has 29 heavy (non-hydrogen) atoms. The van der Waals surface area contributed by atoms with Crippen molar-refractivity contribution >= 4 is 29.2 Å². The smallest absolute Gasteiger partial charge is 0.257 e. The molecule has 154 valence electrons. The van der Waals surface area contributed by atoms with Crippen LogP contribution in [0.25, 0.3) is 10.9 Å². The van der Waals surface area contributed by atoms with E-state index < -0.39 is 5.91 Å². The number of carbonyl (C=O) groups is 1. The van der Waals surface area contributed by atoms with E-state index in [1.54, 1.807) is 18.2 Å². The zero-order chi connectivity index (χ0) is 20.1. The number of carbonyl (C=O) groups excluding carboxylic acids is 1. The number of nitrogens with one attached hydrogen (secondary N) is 3. The third kappa shape index (κ3) is 5.16. The molecule has 0 fully saturated rings. The molecule has 1 heterocycles. The maximum Gasteiger partial charge on any atom is 0.257 e. The van der Waals surface area contributed by atoms with E-state index in [1.807, 2.05) is 38.2 Å². The lowest BCUT2D eigenvalue weighted by Crippen LogP contribution is -2.28. The van der Waals surface area contributed by atoms with E-state index in [0.29, 0.717) is 29.8 Å². The number of pyridine rings is 1. The van der Waals surface area contributed by atoms with Gasteiger partial charge in [-0.15, -0.1) is 12.4 Å². The summed E-state index contributed by atoms with van der Waals surface area (Å²) in [5, 5.41) is 6.44. The SMILES string of the molecule is CCOc1ccc2[nH]cc(C(=O)NCc3ccc(C(C)NC)cc3)c(=O)c2c1.Cl. The Morgan fingerprint density at radius 1 is 1.17 bits per heavy atom. The van der Waals surface area contributed by atoms with E-state index in [4.69, 9.17) is 4.74 Å². The van der Waals surface area contributed by atoms with E-state index in [-0.39, 0.29) is 29.4 Å². The molecule has 0 bridgehead atoms. The quantitative estimate of drug-likeness (QED) is 0.551. The van der Waals surface area contributed by atoms with Crippen molar-refractivity contribution in [2.24, 2.45) is 0 Å². The van der Waals surface area contributed by atoms with Gasteiger partial charge in [0.25, 0.3) is 5.91 Å². The van der Waals surface area contributed by atoms with E-state index in [9.17, 15) is 9.59 Å². The summed E-state index contributed by atoms with van der Waals surface area (Å²) in [7, 11) is 1.91. The van der Waals surface area contributed by atoms with Crippen molar-refractivity contribution in [2.45, 2.75) is 26.4 Å². The van der Waals surface area contributed by atoms with Gasteiger partial charge in [-0.25, -0.2) is 0 Å². The average molecular weight is 416 g/mol. The minimum atomic E-state index is -0.405. The van der Waals surface area contributed by atoms with Crippen LogP contribution in [0.2, 0.25) is 0 Å². The van der Waals surface area contributed by atoms with Gasteiger partial charge in [0.05, 0.1) is 6.61 Å². The molecule has 0 saturated heterocycles. The summed E-state index contributed by atoms with van der Waals surface area (Å²) < 4.78 is 5.45. The van der Waals surface area contributed by atoms with Gasteiger partial charge in [-0.2, -0.15) is 0 Å². The van der Waals surface area contributed by atoms with Gasteiger partial charge >= 0.3 is 0 Å². The lowest BCUT2D eigenvalue weighted by Gasteiger charge is -2.11. The number of H-pyrrole nitrogens is 1. The zero-order valence-electron chi connectivity index (χ0n) is 16.7. The van der Waals surface area contributed by atoms with Crippen LogP contribution in [-0.2, 0) is 6.54 Å². The highest BCUT2D eigenvalue weighted by molar-refractivity contribution is 5.97. The first-order valence-electron chi connectivity index (χ1n) is 9.36. The summed E-state index contributed by atoms with van der Waals surface area (Å²) in [6.45, 7) is 4.82. The Balaban J connectivity index is 0.00000300. The molecule has 7 heteroatoms. The van der Waals surface area contributed by atoms with Gasteiger partial charge in [-0.1, -0.05) is 24.3 Å². The second-order valence-corrected chi connectivity index (χ2v) is 6.61. The van der Waals surface area contributed by atoms with Gasteiger partial charge in [-0.3, -0.25) is 9.59 Å². The Hall–Kier alpha value is -2.83. The number of benzene rings is 2. The van der Waals surface area contributed by atoms with Gasteiger partial charge in [0.15, 0.2) is 0 Å². The first-order chi connectivity index (χ1) is 13.5. The third-order valence-electron chi connectivity index (χ3n) is 4.77. The minimum Gasteiger partial charge on any atom is -0.494 e. The van der Waals surface area contributed by atoms with E-state index in [0.717, 1.165) is 5.56 Å². The topological polar surface area (TPSA) is 83.2 Å². The Morgan fingerprint density at radius 3 is 2.55 bits per heavy atom. The maximum atomic E-state index is 12.7. The molecule has 6 nitrogen and oxygen atoms in total. The number of aromatic nitrogens is 1. The Kier molecular flexibility index (Phi) is 7.82. The molecule has 1 amide bonds. The molecule has 0 aliphatic heterocycles. The highest BCUT2D eigenvalue weighted by Crippen LogP contribution is 2.17. The van der Waals surface area contributed by atoms with Gasteiger partial charge in [0, 0.05) is 29.7 Å². The molecular weight excluding hydrogens is 390 g/mol. The molecule has 1 aromatic heterocycles. The molecule has 0 aliphatic carbocycles. The van der Waals surface area contributed by atoms with Crippen molar-refractivity contribution in [3.63, 3.8) is 0 Å². The minimum absolute atomic E-state index is 0. The maximum absolute atomic E-state index is 12.7. The molecule has 0 saturated carbocycles. The van der Waals surface area contributed by atoms with Gasteiger partial charge in [0.2, 0.25) is 5.43 Å². The standard InChI is InChI=1S/C22H25N3O3.ClH/c1-4-28-17-9-10-20-18(11-17)21(26)19(13-24-20)22(27)25-12-15-5-7-16(8-6-15)14(2)23-3;/h5-11,13-14,23H,4,12H2,1-3H3,(H,24,26)(H,25,27);1H. The fraction of sp³-hybridized carbons (Fsp3) is 0.273. The number of hydrogen-bond acceptors (Lipinski definition) is 4.